The highest BCUT2D eigenvalue weighted by molar-refractivity contribution is 9.10. The van der Waals surface area contributed by atoms with Crippen LogP contribution in [-0.4, -0.2) is 6.54 Å². The Kier molecular flexibility index (Phi) is 5.92. The minimum absolute atomic E-state index is 0.367. The minimum atomic E-state index is -0.424. The summed E-state index contributed by atoms with van der Waals surface area (Å²) < 4.78 is 14.8. The van der Waals surface area contributed by atoms with Crippen LogP contribution in [0.25, 0.3) is 0 Å². The molecule has 0 amide bonds. The molecule has 6 heteroatoms. The van der Waals surface area contributed by atoms with Crippen LogP contribution in [0.15, 0.2) is 34.8 Å². The predicted molar refractivity (Wildman–Crippen MR) is 91.1 cm³/mol. The lowest BCUT2D eigenvalue weighted by Crippen LogP contribution is -2.23. The maximum absolute atomic E-state index is 14.3. The first-order valence-electron chi connectivity index (χ1n) is 6.27. The molecule has 0 saturated heterocycles. The van der Waals surface area contributed by atoms with E-state index >= 15 is 0 Å². The van der Waals surface area contributed by atoms with Crippen molar-refractivity contribution in [1.29, 1.82) is 0 Å². The van der Waals surface area contributed by atoms with E-state index in [9.17, 15) is 4.39 Å². The zero-order valence-electron chi connectivity index (χ0n) is 11.1. The summed E-state index contributed by atoms with van der Waals surface area (Å²) in [5, 5.41) is 4.49. The third-order valence-corrected chi connectivity index (χ3v) is 5.08. The molecule has 0 aliphatic carbocycles. The molecular formula is C15H12BrCl3FN. The van der Waals surface area contributed by atoms with Crippen LogP contribution in [0.4, 0.5) is 4.39 Å². The molecule has 2 rings (SSSR count). The summed E-state index contributed by atoms with van der Waals surface area (Å²) >= 11 is 21.6. The lowest BCUT2D eigenvalue weighted by molar-refractivity contribution is 0.558. The largest absolute Gasteiger partial charge is 0.306 e. The topological polar surface area (TPSA) is 12.0 Å². The molecule has 2 aromatic carbocycles. The third-order valence-electron chi connectivity index (χ3n) is 3.05. The van der Waals surface area contributed by atoms with Gasteiger partial charge in [0.25, 0.3) is 0 Å². The molecule has 112 valence electrons. The highest BCUT2D eigenvalue weighted by Crippen LogP contribution is 2.36. The second kappa shape index (κ2) is 7.30. The van der Waals surface area contributed by atoms with Crippen LogP contribution in [0, 0.1) is 5.82 Å². The molecule has 0 heterocycles. The van der Waals surface area contributed by atoms with E-state index in [1.54, 1.807) is 18.2 Å². The van der Waals surface area contributed by atoms with Crippen LogP contribution in [0.3, 0.4) is 0 Å². The second-order valence-electron chi connectivity index (χ2n) is 4.42. The van der Waals surface area contributed by atoms with Crippen LogP contribution in [0.1, 0.15) is 24.1 Å². The molecule has 0 aliphatic heterocycles. The van der Waals surface area contributed by atoms with Crippen molar-refractivity contribution >= 4 is 50.7 Å². The fraction of sp³-hybridized carbons (Fsp3) is 0.200. The maximum Gasteiger partial charge on any atom is 0.129 e. The predicted octanol–water partition coefficient (Wildman–Crippen LogP) is 6.25. The van der Waals surface area contributed by atoms with E-state index in [-0.39, 0.29) is 5.82 Å². The molecule has 21 heavy (non-hydrogen) atoms. The molecular weight excluding hydrogens is 399 g/mol. The second-order valence-corrected chi connectivity index (χ2v) is 6.47. The van der Waals surface area contributed by atoms with E-state index < -0.39 is 6.04 Å². The van der Waals surface area contributed by atoms with E-state index in [0.717, 1.165) is 0 Å². The van der Waals surface area contributed by atoms with Crippen LogP contribution in [-0.2, 0) is 0 Å². The van der Waals surface area contributed by atoms with E-state index in [1.807, 2.05) is 13.0 Å². The van der Waals surface area contributed by atoms with Crippen molar-refractivity contribution in [2.75, 3.05) is 6.54 Å². The van der Waals surface area contributed by atoms with Crippen molar-refractivity contribution in [2.45, 2.75) is 13.0 Å². The van der Waals surface area contributed by atoms with E-state index in [0.29, 0.717) is 37.2 Å². The molecule has 2 aromatic rings. The van der Waals surface area contributed by atoms with Gasteiger partial charge in [-0.2, -0.15) is 0 Å². The molecule has 1 N–H and O–H groups in total. The number of hydrogen-bond acceptors (Lipinski definition) is 1. The average Bonchev–Trinajstić information content (AvgIpc) is 2.44. The third kappa shape index (κ3) is 3.72. The van der Waals surface area contributed by atoms with Crippen LogP contribution >= 0.6 is 50.7 Å². The fourth-order valence-corrected chi connectivity index (χ4v) is 3.00. The Morgan fingerprint density at radius 2 is 1.86 bits per heavy atom. The minimum Gasteiger partial charge on any atom is -0.306 e. The van der Waals surface area contributed by atoms with Crippen LogP contribution in [0.5, 0.6) is 0 Å². The van der Waals surface area contributed by atoms with Crippen molar-refractivity contribution in [3.8, 4) is 0 Å². The van der Waals surface area contributed by atoms with Gasteiger partial charge >= 0.3 is 0 Å². The van der Waals surface area contributed by atoms with Crippen LogP contribution < -0.4 is 5.32 Å². The summed E-state index contributed by atoms with van der Waals surface area (Å²) in [5.41, 5.74) is 1.14. The first-order chi connectivity index (χ1) is 9.95. The van der Waals surface area contributed by atoms with Crippen molar-refractivity contribution in [3.05, 3.63) is 66.8 Å². The first-order valence-corrected chi connectivity index (χ1v) is 8.20. The molecule has 0 aromatic heterocycles. The maximum atomic E-state index is 14.3. The van der Waals surface area contributed by atoms with E-state index in [2.05, 4.69) is 21.2 Å². The number of benzene rings is 2. The summed E-state index contributed by atoms with van der Waals surface area (Å²) in [7, 11) is 0. The molecule has 1 nitrogen and oxygen atoms in total. The lowest BCUT2D eigenvalue weighted by Gasteiger charge is -2.21. The van der Waals surface area contributed by atoms with Crippen molar-refractivity contribution in [3.63, 3.8) is 0 Å². The van der Waals surface area contributed by atoms with Gasteiger partial charge in [0.15, 0.2) is 0 Å². The standard InChI is InChI=1S/C15H12BrCl3FN/c1-2-21-15(8-4-3-5-11(17)14(8)19)9-6-12(18)10(16)7-13(9)20/h3-7,15,21H,2H2,1H3. The summed E-state index contributed by atoms with van der Waals surface area (Å²) in [5.74, 6) is -0.367. The lowest BCUT2D eigenvalue weighted by atomic mass is 9.98. The van der Waals surface area contributed by atoms with Crippen molar-refractivity contribution < 1.29 is 4.39 Å². The Morgan fingerprint density at radius 1 is 1.14 bits per heavy atom. The summed E-state index contributed by atoms with van der Waals surface area (Å²) in [6, 6.07) is 7.81. The molecule has 1 unspecified atom stereocenters. The Hall–Kier alpha value is -0.320. The van der Waals surface area contributed by atoms with Gasteiger partial charge < -0.3 is 5.32 Å². The molecule has 1 atom stereocenters. The van der Waals surface area contributed by atoms with Gasteiger partial charge in [-0.15, -0.1) is 0 Å². The summed E-state index contributed by atoms with van der Waals surface area (Å²) in [6.45, 7) is 2.57. The highest BCUT2D eigenvalue weighted by Gasteiger charge is 2.21. The summed E-state index contributed by atoms with van der Waals surface area (Å²) in [4.78, 5) is 0. The van der Waals surface area contributed by atoms with E-state index in [1.165, 1.54) is 6.07 Å². The molecule has 0 saturated carbocycles. The monoisotopic (exact) mass is 409 g/mol. The smallest absolute Gasteiger partial charge is 0.129 e. The van der Waals surface area contributed by atoms with Gasteiger partial charge in [-0.05, 0) is 46.2 Å². The first kappa shape index (κ1) is 17.0. The summed E-state index contributed by atoms with van der Waals surface area (Å²) in [6.07, 6.45) is 0. The zero-order valence-corrected chi connectivity index (χ0v) is 14.9. The van der Waals surface area contributed by atoms with E-state index in [4.69, 9.17) is 34.8 Å². The number of halogens is 5. The SMILES string of the molecule is CCNC(c1cc(Cl)c(Br)cc1F)c1cccc(Cl)c1Cl. The average molecular weight is 412 g/mol. The molecule has 0 bridgehead atoms. The van der Waals surface area contributed by atoms with Crippen LogP contribution in [0.2, 0.25) is 15.1 Å². The van der Waals surface area contributed by atoms with Gasteiger partial charge in [0.2, 0.25) is 0 Å². The molecule has 0 aliphatic rings. The Morgan fingerprint density at radius 3 is 2.52 bits per heavy atom. The number of rotatable bonds is 4. The van der Waals surface area contributed by atoms with Gasteiger partial charge in [-0.1, -0.05) is 53.9 Å². The molecule has 0 radical (unpaired) electrons. The van der Waals surface area contributed by atoms with Gasteiger partial charge in [0.05, 0.1) is 21.1 Å². The highest BCUT2D eigenvalue weighted by atomic mass is 79.9. The van der Waals surface area contributed by atoms with Gasteiger partial charge in [0.1, 0.15) is 5.82 Å². The van der Waals surface area contributed by atoms with Crippen molar-refractivity contribution in [2.24, 2.45) is 0 Å². The van der Waals surface area contributed by atoms with Gasteiger partial charge in [-0.25, -0.2) is 4.39 Å². The van der Waals surface area contributed by atoms with Crippen molar-refractivity contribution in [1.82, 2.24) is 5.32 Å². The fourth-order valence-electron chi connectivity index (χ4n) is 2.09. The molecule has 0 fully saturated rings. The Labute approximate surface area is 146 Å². The van der Waals surface area contributed by atoms with Gasteiger partial charge in [-0.3, -0.25) is 0 Å². The Bertz CT molecular complexity index is 664. The number of hydrogen-bond donors (Lipinski definition) is 1. The quantitative estimate of drug-likeness (QED) is 0.587. The molecule has 0 spiro atoms. The normalized spacial score (nSPS) is 12.5. The zero-order chi connectivity index (χ0) is 15.6. The van der Waals surface area contributed by atoms with Gasteiger partial charge in [0, 0.05) is 10.0 Å². The Balaban J connectivity index is 2.59. The number of nitrogens with one attached hydrogen (secondary N) is 1.